The maximum Gasteiger partial charge on any atom is 0.241 e. The van der Waals surface area contributed by atoms with Crippen molar-refractivity contribution in [1.29, 1.82) is 0 Å². The number of carbonyl (C=O) groups excluding carboxylic acids is 1. The van der Waals surface area contributed by atoms with Crippen molar-refractivity contribution in [2.75, 3.05) is 0 Å². The van der Waals surface area contributed by atoms with Crippen LogP contribution >= 0.6 is 11.3 Å². The minimum absolute atomic E-state index is 0.198. The van der Waals surface area contributed by atoms with E-state index in [0.717, 1.165) is 39.0 Å². The Labute approximate surface area is 128 Å². The van der Waals surface area contributed by atoms with Gasteiger partial charge in [-0.3, -0.25) is 9.89 Å². The van der Waals surface area contributed by atoms with Crippen LogP contribution in [-0.2, 0) is 17.8 Å². The molecular formula is C14H21N5OS. The van der Waals surface area contributed by atoms with Gasteiger partial charge in [0.2, 0.25) is 5.91 Å². The van der Waals surface area contributed by atoms with Crippen LogP contribution in [0.15, 0.2) is 0 Å². The summed E-state index contributed by atoms with van der Waals surface area (Å²) in [5.41, 5.74) is 9.44. The number of thiazole rings is 1. The van der Waals surface area contributed by atoms with Crippen LogP contribution in [0.2, 0.25) is 0 Å². The van der Waals surface area contributed by atoms with Crippen molar-refractivity contribution in [3.8, 4) is 0 Å². The number of rotatable bonds is 5. The minimum Gasteiger partial charge on any atom is -0.349 e. The Morgan fingerprint density at radius 1 is 1.43 bits per heavy atom. The first kappa shape index (κ1) is 15.7. The average molecular weight is 307 g/mol. The lowest BCUT2D eigenvalue weighted by atomic mass is 10.1. The summed E-state index contributed by atoms with van der Waals surface area (Å²) in [6.45, 7) is 8.21. The molecule has 1 amide bonds. The van der Waals surface area contributed by atoms with Gasteiger partial charge in [0.1, 0.15) is 6.04 Å². The van der Waals surface area contributed by atoms with Gasteiger partial charge in [0.15, 0.2) is 0 Å². The molecule has 0 saturated heterocycles. The first-order chi connectivity index (χ1) is 9.93. The predicted molar refractivity (Wildman–Crippen MR) is 83.1 cm³/mol. The molecule has 2 aromatic rings. The summed E-state index contributed by atoms with van der Waals surface area (Å²) in [6, 6.07) is -0.706. The maximum absolute atomic E-state index is 12.2. The Morgan fingerprint density at radius 2 is 2.14 bits per heavy atom. The van der Waals surface area contributed by atoms with E-state index in [1.54, 1.807) is 11.3 Å². The number of carbonyl (C=O) groups is 1. The Morgan fingerprint density at radius 3 is 2.71 bits per heavy atom. The number of aromatic nitrogens is 3. The highest BCUT2D eigenvalue weighted by atomic mass is 32.1. The normalized spacial score (nSPS) is 12.4. The summed E-state index contributed by atoms with van der Waals surface area (Å²) >= 11 is 1.61. The van der Waals surface area contributed by atoms with Crippen LogP contribution in [0.5, 0.6) is 0 Å². The molecular weight excluding hydrogens is 286 g/mol. The Hall–Kier alpha value is -1.73. The van der Waals surface area contributed by atoms with E-state index in [9.17, 15) is 4.79 Å². The van der Waals surface area contributed by atoms with Gasteiger partial charge in [-0.1, -0.05) is 6.92 Å². The highest BCUT2D eigenvalue weighted by Gasteiger charge is 2.22. The number of hydrogen-bond acceptors (Lipinski definition) is 5. The summed E-state index contributed by atoms with van der Waals surface area (Å²) in [6.07, 6.45) is 0.863. The lowest BCUT2D eigenvalue weighted by Gasteiger charge is -2.12. The third-order valence-corrected chi connectivity index (χ3v) is 4.43. The van der Waals surface area contributed by atoms with Gasteiger partial charge in [-0.25, -0.2) is 4.98 Å². The molecule has 6 nitrogen and oxygen atoms in total. The molecule has 0 bridgehead atoms. The first-order valence-electron chi connectivity index (χ1n) is 6.94. The highest BCUT2D eigenvalue weighted by molar-refractivity contribution is 7.11. The molecule has 0 aliphatic rings. The van der Waals surface area contributed by atoms with Gasteiger partial charge in [0, 0.05) is 16.1 Å². The average Bonchev–Trinajstić information content (AvgIpc) is 2.98. The summed E-state index contributed by atoms with van der Waals surface area (Å²) in [5, 5.41) is 10.8. The summed E-state index contributed by atoms with van der Waals surface area (Å²) < 4.78 is 0. The van der Waals surface area contributed by atoms with Gasteiger partial charge in [-0.2, -0.15) is 5.10 Å². The number of aryl methyl sites for hydroxylation is 4. The van der Waals surface area contributed by atoms with E-state index in [1.807, 2.05) is 20.8 Å². The number of aromatic amines is 1. The summed E-state index contributed by atoms with van der Waals surface area (Å²) in [7, 11) is 0. The smallest absolute Gasteiger partial charge is 0.241 e. The molecule has 0 aromatic carbocycles. The first-order valence-corrected chi connectivity index (χ1v) is 7.75. The minimum atomic E-state index is -0.706. The van der Waals surface area contributed by atoms with E-state index in [2.05, 4.69) is 27.4 Å². The van der Waals surface area contributed by atoms with E-state index >= 15 is 0 Å². The molecule has 0 aliphatic carbocycles. The number of amides is 1. The van der Waals surface area contributed by atoms with Crippen molar-refractivity contribution in [3.63, 3.8) is 0 Å². The number of nitrogens with zero attached hydrogens (tertiary/aromatic N) is 2. The van der Waals surface area contributed by atoms with E-state index < -0.39 is 6.04 Å². The molecule has 0 radical (unpaired) electrons. The van der Waals surface area contributed by atoms with Crippen LogP contribution in [0.1, 0.15) is 45.5 Å². The van der Waals surface area contributed by atoms with Crippen molar-refractivity contribution in [1.82, 2.24) is 20.5 Å². The zero-order valence-electron chi connectivity index (χ0n) is 12.8. The number of nitrogens with two attached hydrogens (primary N) is 1. The molecule has 21 heavy (non-hydrogen) atoms. The van der Waals surface area contributed by atoms with Gasteiger partial charge in [0.05, 0.1) is 22.9 Å². The third-order valence-electron chi connectivity index (χ3n) is 3.42. The molecule has 2 heterocycles. The van der Waals surface area contributed by atoms with Crippen LogP contribution in [0.25, 0.3) is 0 Å². The summed E-state index contributed by atoms with van der Waals surface area (Å²) in [5.74, 6) is -0.198. The highest BCUT2D eigenvalue weighted by Crippen LogP contribution is 2.20. The second-order valence-electron chi connectivity index (χ2n) is 5.00. The Bertz CT molecular complexity index is 626. The fourth-order valence-corrected chi connectivity index (χ4v) is 3.32. The second kappa shape index (κ2) is 6.36. The van der Waals surface area contributed by atoms with E-state index in [0.29, 0.717) is 6.54 Å². The third kappa shape index (κ3) is 3.30. The Kier molecular flexibility index (Phi) is 4.74. The van der Waals surface area contributed by atoms with Crippen LogP contribution in [0.4, 0.5) is 0 Å². The number of H-pyrrole nitrogens is 1. The molecule has 2 aromatic heterocycles. The molecule has 0 unspecified atom stereocenters. The molecule has 1 atom stereocenters. The van der Waals surface area contributed by atoms with Crippen molar-refractivity contribution in [2.24, 2.45) is 5.73 Å². The van der Waals surface area contributed by atoms with Crippen molar-refractivity contribution in [3.05, 3.63) is 32.5 Å². The molecule has 0 saturated carbocycles. The largest absolute Gasteiger partial charge is 0.349 e. The fraction of sp³-hybridized carbons (Fsp3) is 0.500. The van der Waals surface area contributed by atoms with E-state index in [1.165, 1.54) is 0 Å². The quantitative estimate of drug-likeness (QED) is 0.783. The Balaban J connectivity index is 2.05. The van der Waals surface area contributed by atoms with Gasteiger partial charge in [0.25, 0.3) is 0 Å². The zero-order chi connectivity index (χ0) is 15.6. The summed E-state index contributed by atoms with van der Waals surface area (Å²) in [4.78, 5) is 17.8. The van der Waals surface area contributed by atoms with Crippen molar-refractivity contribution < 1.29 is 4.79 Å². The molecule has 4 N–H and O–H groups in total. The standard InChI is InChI=1S/C14H21N5OS/c1-5-10-11(21-9(4)17-10)6-16-14(20)13(15)12-7(2)18-19-8(12)3/h13H,5-6,15H2,1-4H3,(H,16,20)(H,18,19)/t13-/m1/s1. The van der Waals surface area contributed by atoms with E-state index in [-0.39, 0.29) is 5.91 Å². The van der Waals surface area contributed by atoms with E-state index in [4.69, 9.17) is 5.73 Å². The van der Waals surface area contributed by atoms with Crippen LogP contribution < -0.4 is 11.1 Å². The fourth-order valence-electron chi connectivity index (χ4n) is 2.35. The molecule has 2 rings (SSSR count). The van der Waals surface area contributed by atoms with Gasteiger partial charge in [-0.15, -0.1) is 11.3 Å². The molecule has 7 heteroatoms. The molecule has 114 valence electrons. The molecule has 0 spiro atoms. The topological polar surface area (TPSA) is 96.7 Å². The van der Waals surface area contributed by atoms with Gasteiger partial charge >= 0.3 is 0 Å². The number of nitrogens with one attached hydrogen (secondary N) is 2. The van der Waals surface area contributed by atoms with Crippen molar-refractivity contribution >= 4 is 17.2 Å². The SMILES string of the molecule is CCc1nc(C)sc1CNC(=O)[C@H](N)c1c(C)n[nH]c1C. The van der Waals surface area contributed by atoms with Crippen LogP contribution in [0, 0.1) is 20.8 Å². The van der Waals surface area contributed by atoms with Gasteiger partial charge < -0.3 is 11.1 Å². The monoisotopic (exact) mass is 307 g/mol. The van der Waals surface area contributed by atoms with Crippen molar-refractivity contribution in [2.45, 2.75) is 46.7 Å². The van der Waals surface area contributed by atoms with Gasteiger partial charge in [-0.05, 0) is 27.2 Å². The lowest BCUT2D eigenvalue weighted by Crippen LogP contribution is -2.34. The number of hydrogen-bond donors (Lipinski definition) is 3. The molecule has 0 fully saturated rings. The zero-order valence-corrected chi connectivity index (χ0v) is 13.6. The predicted octanol–water partition coefficient (Wildman–Crippen LogP) is 1.67. The van der Waals surface area contributed by atoms with Crippen LogP contribution in [-0.4, -0.2) is 21.1 Å². The maximum atomic E-state index is 12.2. The lowest BCUT2D eigenvalue weighted by molar-refractivity contribution is -0.122. The molecule has 0 aliphatic heterocycles. The second-order valence-corrected chi connectivity index (χ2v) is 6.29. The van der Waals surface area contributed by atoms with Crippen LogP contribution in [0.3, 0.4) is 0 Å².